The number of nitrogens with one attached hydrogen (secondary N) is 1. The molecule has 0 radical (unpaired) electrons. The van der Waals surface area contributed by atoms with Crippen molar-refractivity contribution in [3.63, 3.8) is 0 Å². The van der Waals surface area contributed by atoms with E-state index in [1.165, 1.54) is 22.3 Å². The first-order valence-electron chi connectivity index (χ1n) is 9.09. The van der Waals surface area contributed by atoms with Crippen LogP contribution >= 0.6 is 11.3 Å². The van der Waals surface area contributed by atoms with Crippen LogP contribution in [0.5, 0.6) is 5.75 Å². The highest BCUT2D eigenvalue weighted by molar-refractivity contribution is 7.17. The molecule has 1 aromatic heterocycles. The molecule has 5 nitrogen and oxygen atoms in total. The van der Waals surface area contributed by atoms with Gasteiger partial charge >= 0.3 is 0 Å². The summed E-state index contributed by atoms with van der Waals surface area (Å²) in [6, 6.07) is 7.40. The highest BCUT2D eigenvalue weighted by Crippen LogP contribution is 2.40. The molecule has 6 heteroatoms. The zero-order chi connectivity index (χ0) is 19.4. The molecule has 27 heavy (non-hydrogen) atoms. The molecule has 1 aliphatic carbocycles. The van der Waals surface area contributed by atoms with Crippen molar-refractivity contribution in [1.29, 1.82) is 0 Å². The number of fused-ring (bicyclic) bond motifs is 1. The highest BCUT2D eigenvalue weighted by atomic mass is 32.1. The molecular formula is C21H24N2O3S. The Morgan fingerprint density at radius 2 is 2.07 bits per heavy atom. The molecule has 2 aromatic rings. The molecule has 0 unspecified atom stereocenters. The number of ether oxygens (including phenoxy) is 1. The van der Waals surface area contributed by atoms with Crippen molar-refractivity contribution < 1.29 is 14.3 Å². The number of hydrogen-bond acceptors (Lipinski definition) is 4. The normalized spacial score (nSPS) is 16.1. The second-order valence-electron chi connectivity index (χ2n) is 6.68. The molecule has 142 valence electrons. The zero-order valence-electron chi connectivity index (χ0n) is 15.6. The van der Waals surface area contributed by atoms with Gasteiger partial charge in [-0.3, -0.25) is 9.59 Å². The molecule has 1 aliphatic rings. The smallest absolute Gasteiger partial charge is 0.251 e. The van der Waals surface area contributed by atoms with Gasteiger partial charge in [-0.25, -0.2) is 0 Å². The van der Waals surface area contributed by atoms with E-state index in [9.17, 15) is 9.59 Å². The standard InChI is InChI=1S/C21H24N2O3S/c1-3-13-6-10-16-17(12-13)27-21(19(16)20(22)25)23-18(24)11-7-14-4-8-15(26-2)9-5-14/h4-5,7-9,11,13H,3,6,10,12H2,1-2H3,(H2,22,25)(H,23,24)/b11-7+/t13-/m0/s1. The molecule has 0 saturated carbocycles. The van der Waals surface area contributed by atoms with E-state index in [4.69, 9.17) is 10.5 Å². The lowest BCUT2D eigenvalue weighted by Crippen LogP contribution is -2.19. The summed E-state index contributed by atoms with van der Waals surface area (Å²) in [6.07, 6.45) is 7.16. The molecule has 0 fully saturated rings. The minimum absolute atomic E-state index is 0.279. The van der Waals surface area contributed by atoms with Crippen LogP contribution in [-0.2, 0) is 17.6 Å². The van der Waals surface area contributed by atoms with Gasteiger partial charge in [0.1, 0.15) is 10.8 Å². The Balaban J connectivity index is 1.76. The summed E-state index contributed by atoms with van der Waals surface area (Å²) in [7, 11) is 1.61. The lowest BCUT2D eigenvalue weighted by molar-refractivity contribution is -0.111. The number of anilines is 1. The van der Waals surface area contributed by atoms with Crippen molar-refractivity contribution in [3.05, 3.63) is 51.9 Å². The number of thiophene rings is 1. The van der Waals surface area contributed by atoms with Gasteiger partial charge in [0, 0.05) is 11.0 Å². The van der Waals surface area contributed by atoms with Crippen LogP contribution in [0, 0.1) is 5.92 Å². The molecule has 1 aromatic carbocycles. The minimum Gasteiger partial charge on any atom is -0.497 e. The number of amides is 2. The Morgan fingerprint density at radius 1 is 1.33 bits per heavy atom. The number of primary amides is 1. The molecular weight excluding hydrogens is 360 g/mol. The third-order valence-electron chi connectivity index (χ3n) is 4.97. The quantitative estimate of drug-likeness (QED) is 0.738. The van der Waals surface area contributed by atoms with Crippen molar-refractivity contribution in [2.24, 2.45) is 11.7 Å². The summed E-state index contributed by atoms with van der Waals surface area (Å²) < 4.78 is 5.12. The number of nitrogens with two attached hydrogens (primary N) is 1. The van der Waals surface area contributed by atoms with Crippen LogP contribution in [0.15, 0.2) is 30.3 Å². The second kappa shape index (κ2) is 8.39. The van der Waals surface area contributed by atoms with Crippen LogP contribution in [0.4, 0.5) is 5.00 Å². The second-order valence-corrected chi connectivity index (χ2v) is 7.79. The Morgan fingerprint density at radius 3 is 2.70 bits per heavy atom. The van der Waals surface area contributed by atoms with Gasteiger partial charge < -0.3 is 15.8 Å². The molecule has 2 amide bonds. The maximum absolute atomic E-state index is 12.3. The number of carbonyl (C=O) groups excluding carboxylic acids is 2. The van der Waals surface area contributed by atoms with Gasteiger partial charge in [0.2, 0.25) is 5.91 Å². The van der Waals surface area contributed by atoms with Crippen molar-refractivity contribution in [3.8, 4) is 5.75 Å². The first kappa shape index (κ1) is 19.2. The summed E-state index contributed by atoms with van der Waals surface area (Å²) in [4.78, 5) is 25.5. The van der Waals surface area contributed by atoms with E-state index in [1.54, 1.807) is 13.2 Å². The van der Waals surface area contributed by atoms with Gasteiger partial charge in [0.15, 0.2) is 0 Å². The number of hydrogen-bond donors (Lipinski definition) is 2. The van der Waals surface area contributed by atoms with E-state index < -0.39 is 5.91 Å². The number of methoxy groups -OCH3 is 1. The number of rotatable bonds is 6. The molecule has 0 spiro atoms. The van der Waals surface area contributed by atoms with Crippen LogP contribution in [0.2, 0.25) is 0 Å². The topological polar surface area (TPSA) is 81.4 Å². The molecule has 1 atom stereocenters. The molecule has 3 rings (SSSR count). The third kappa shape index (κ3) is 4.39. The minimum atomic E-state index is -0.475. The number of benzene rings is 1. The van der Waals surface area contributed by atoms with Crippen LogP contribution in [0.1, 0.15) is 46.1 Å². The Hall–Kier alpha value is -2.60. The highest BCUT2D eigenvalue weighted by Gasteiger charge is 2.27. The van der Waals surface area contributed by atoms with E-state index in [0.717, 1.165) is 42.6 Å². The van der Waals surface area contributed by atoms with Gasteiger partial charge in [-0.2, -0.15) is 0 Å². The fraction of sp³-hybridized carbons (Fsp3) is 0.333. The Labute approximate surface area is 163 Å². The summed E-state index contributed by atoms with van der Waals surface area (Å²) in [5.41, 5.74) is 7.99. The van der Waals surface area contributed by atoms with Crippen molar-refractivity contribution in [2.75, 3.05) is 12.4 Å². The number of carbonyl (C=O) groups is 2. The zero-order valence-corrected chi connectivity index (χ0v) is 16.4. The largest absolute Gasteiger partial charge is 0.497 e. The SMILES string of the molecule is CC[C@H]1CCc2c(sc(NC(=O)/C=C/c3ccc(OC)cc3)c2C(N)=O)C1. The average Bonchev–Trinajstić information content (AvgIpc) is 3.03. The van der Waals surface area contributed by atoms with Crippen LogP contribution in [-0.4, -0.2) is 18.9 Å². The predicted molar refractivity (Wildman–Crippen MR) is 109 cm³/mol. The van der Waals surface area contributed by atoms with Crippen molar-refractivity contribution >= 4 is 34.2 Å². The van der Waals surface area contributed by atoms with Crippen molar-refractivity contribution in [1.82, 2.24) is 0 Å². The fourth-order valence-electron chi connectivity index (χ4n) is 3.39. The van der Waals surface area contributed by atoms with E-state index in [-0.39, 0.29) is 5.91 Å². The lowest BCUT2D eigenvalue weighted by atomic mass is 9.85. The van der Waals surface area contributed by atoms with Gasteiger partial charge in [0.05, 0.1) is 12.7 Å². The molecule has 3 N–H and O–H groups in total. The maximum Gasteiger partial charge on any atom is 0.251 e. The molecule has 0 bridgehead atoms. The summed E-state index contributed by atoms with van der Waals surface area (Å²) in [5.74, 6) is 0.642. The van der Waals surface area contributed by atoms with Gasteiger partial charge in [-0.05, 0) is 54.5 Å². The predicted octanol–water partition coefficient (Wildman–Crippen LogP) is 4.02. The first-order valence-corrected chi connectivity index (χ1v) is 9.91. The van der Waals surface area contributed by atoms with Crippen LogP contribution in [0.25, 0.3) is 6.08 Å². The fourth-order valence-corrected chi connectivity index (χ4v) is 4.76. The van der Waals surface area contributed by atoms with Crippen molar-refractivity contribution in [2.45, 2.75) is 32.6 Å². The van der Waals surface area contributed by atoms with E-state index in [0.29, 0.717) is 16.5 Å². The van der Waals surface area contributed by atoms with Gasteiger partial charge in [-0.1, -0.05) is 25.5 Å². The monoisotopic (exact) mass is 384 g/mol. The van der Waals surface area contributed by atoms with Gasteiger partial charge in [0.25, 0.3) is 5.91 Å². The van der Waals surface area contributed by atoms with Crippen LogP contribution < -0.4 is 15.8 Å². The molecule has 1 heterocycles. The summed E-state index contributed by atoms with van der Waals surface area (Å²) in [6.45, 7) is 2.19. The summed E-state index contributed by atoms with van der Waals surface area (Å²) in [5, 5.41) is 3.41. The maximum atomic E-state index is 12.3. The lowest BCUT2D eigenvalue weighted by Gasteiger charge is -2.20. The average molecular weight is 385 g/mol. The molecule has 0 saturated heterocycles. The van der Waals surface area contributed by atoms with Gasteiger partial charge in [-0.15, -0.1) is 11.3 Å². The molecule has 0 aliphatic heterocycles. The Bertz CT molecular complexity index is 868. The van der Waals surface area contributed by atoms with E-state index in [2.05, 4.69) is 12.2 Å². The summed E-state index contributed by atoms with van der Waals surface area (Å²) >= 11 is 1.48. The third-order valence-corrected chi connectivity index (χ3v) is 6.14. The van der Waals surface area contributed by atoms with E-state index >= 15 is 0 Å². The Kier molecular flexibility index (Phi) is 5.96. The first-order chi connectivity index (χ1) is 13.0. The van der Waals surface area contributed by atoms with Crippen LogP contribution in [0.3, 0.4) is 0 Å². The van der Waals surface area contributed by atoms with E-state index in [1.807, 2.05) is 24.3 Å².